The maximum absolute atomic E-state index is 12.4. The first-order valence-electron chi connectivity index (χ1n) is 6.24. The Kier molecular flexibility index (Phi) is 4.86. The van der Waals surface area contributed by atoms with Crippen LogP contribution < -0.4 is 4.74 Å². The van der Waals surface area contributed by atoms with Gasteiger partial charge in [-0.2, -0.15) is 5.26 Å². The zero-order chi connectivity index (χ0) is 16.2. The Hall–Kier alpha value is -2.29. The molecule has 0 aliphatic carbocycles. The Bertz CT molecular complexity index is 832. The third kappa shape index (κ3) is 3.48. The van der Waals surface area contributed by atoms with Gasteiger partial charge in [0.1, 0.15) is 16.7 Å². The molecule has 22 heavy (non-hydrogen) atoms. The van der Waals surface area contributed by atoms with Gasteiger partial charge < -0.3 is 4.74 Å². The highest BCUT2D eigenvalue weighted by atomic mass is 35.5. The number of ether oxygens (including phenoxy) is 1. The summed E-state index contributed by atoms with van der Waals surface area (Å²) in [4.78, 5) is -0.307. The predicted octanol–water partition coefficient (Wildman–Crippen LogP) is 3.69. The van der Waals surface area contributed by atoms with Gasteiger partial charge in [0, 0.05) is 5.02 Å². The van der Waals surface area contributed by atoms with E-state index in [1.807, 2.05) is 0 Å². The van der Waals surface area contributed by atoms with Crippen molar-refractivity contribution in [3.8, 4) is 11.8 Å². The van der Waals surface area contributed by atoms with Crippen LogP contribution in [0.1, 0.15) is 5.56 Å². The van der Waals surface area contributed by atoms with Crippen LogP contribution in [0, 0.1) is 11.3 Å². The molecule has 6 heteroatoms. The molecule has 2 aromatic carbocycles. The van der Waals surface area contributed by atoms with Gasteiger partial charge in [-0.05, 0) is 48.0 Å². The van der Waals surface area contributed by atoms with Crippen LogP contribution in [0.5, 0.6) is 5.75 Å². The van der Waals surface area contributed by atoms with Crippen LogP contribution in [0.25, 0.3) is 6.08 Å². The van der Waals surface area contributed by atoms with Crippen molar-refractivity contribution in [3.63, 3.8) is 0 Å². The van der Waals surface area contributed by atoms with E-state index in [4.69, 9.17) is 16.3 Å². The fourth-order valence-electron chi connectivity index (χ4n) is 1.76. The minimum Gasteiger partial charge on any atom is -0.497 e. The lowest BCUT2D eigenvalue weighted by atomic mass is 10.2. The van der Waals surface area contributed by atoms with Gasteiger partial charge in [-0.25, -0.2) is 8.42 Å². The third-order valence-corrected chi connectivity index (χ3v) is 4.87. The second-order valence-electron chi connectivity index (χ2n) is 4.35. The van der Waals surface area contributed by atoms with Crippen LogP contribution in [0.3, 0.4) is 0 Å². The molecule has 0 radical (unpaired) electrons. The molecule has 2 rings (SSSR count). The number of methoxy groups -OCH3 is 1. The van der Waals surface area contributed by atoms with Gasteiger partial charge in [0.05, 0.1) is 12.0 Å². The number of hydrogen-bond donors (Lipinski definition) is 0. The van der Waals surface area contributed by atoms with E-state index in [-0.39, 0.29) is 9.80 Å². The Morgan fingerprint density at radius 3 is 2.23 bits per heavy atom. The van der Waals surface area contributed by atoms with Gasteiger partial charge in [-0.3, -0.25) is 0 Å². The lowest BCUT2D eigenvalue weighted by molar-refractivity contribution is 0.415. The quantitative estimate of drug-likeness (QED) is 0.800. The molecule has 0 amide bonds. The summed E-state index contributed by atoms with van der Waals surface area (Å²) in [6, 6.07) is 14.2. The molecule has 0 saturated heterocycles. The second kappa shape index (κ2) is 6.65. The number of sulfone groups is 1. The highest BCUT2D eigenvalue weighted by Crippen LogP contribution is 2.23. The molecule has 4 nitrogen and oxygen atoms in total. The van der Waals surface area contributed by atoms with Crippen molar-refractivity contribution in [1.82, 2.24) is 0 Å². The summed E-state index contributed by atoms with van der Waals surface area (Å²) < 4.78 is 29.9. The largest absolute Gasteiger partial charge is 0.497 e. The van der Waals surface area contributed by atoms with E-state index in [1.165, 1.54) is 37.5 Å². The van der Waals surface area contributed by atoms with E-state index in [0.29, 0.717) is 16.3 Å². The molecule has 0 spiro atoms. The van der Waals surface area contributed by atoms with Crippen LogP contribution >= 0.6 is 11.6 Å². The average Bonchev–Trinajstić information content (AvgIpc) is 2.53. The minimum absolute atomic E-state index is 0.0261. The van der Waals surface area contributed by atoms with Crippen molar-refractivity contribution < 1.29 is 13.2 Å². The summed E-state index contributed by atoms with van der Waals surface area (Å²) in [5.74, 6) is 0.649. The predicted molar refractivity (Wildman–Crippen MR) is 85.2 cm³/mol. The van der Waals surface area contributed by atoms with E-state index >= 15 is 0 Å². The molecule has 0 bridgehead atoms. The number of rotatable bonds is 4. The number of nitrogens with zero attached hydrogens (tertiary/aromatic N) is 1. The van der Waals surface area contributed by atoms with E-state index in [1.54, 1.807) is 30.3 Å². The van der Waals surface area contributed by atoms with Gasteiger partial charge in [-0.15, -0.1) is 0 Å². The van der Waals surface area contributed by atoms with Crippen LogP contribution in [-0.2, 0) is 9.84 Å². The molecule has 0 aromatic heterocycles. The SMILES string of the molecule is COc1ccc(/C=C(/C#N)S(=O)(=O)c2ccc(Cl)cc2)cc1. The van der Waals surface area contributed by atoms with Crippen molar-refractivity contribution in [2.75, 3.05) is 7.11 Å². The average molecular weight is 334 g/mol. The fraction of sp³-hybridized carbons (Fsp3) is 0.0625. The lowest BCUT2D eigenvalue weighted by Crippen LogP contribution is -2.03. The molecule has 112 valence electrons. The molecular formula is C16H12ClNO3S. The monoisotopic (exact) mass is 333 g/mol. The van der Waals surface area contributed by atoms with Crippen LogP contribution in [0.4, 0.5) is 0 Å². The number of benzene rings is 2. The molecule has 2 aromatic rings. The molecule has 0 unspecified atom stereocenters. The zero-order valence-electron chi connectivity index (χ0n) is 11.7. The molecule has 0 atom stereocenters. The highest BCUT2D eigenvalue weighted by Gasteiger charge is 2.20. The van der Waals surface area contributed by atoms with E-state index in [2.05, 4.69) is 0 Å². The zero-order valence-corrected chi connectivity index (χ0v) is 13.2. The van der Waals surface area contributed by atoms with E-state index in [0.717, 1.165) is 0 Å². The van der Waals surface area contributed by atoms with Crippen molar-refractivity contribution in [3.05, 3.63) is 64.0 Å². The highest BCUT2D eigenvalue weighted by molar-refractivity contribution is 7.95. The fourth-order valence-corrected chi connectivity index (χ4v) is 3.05. The maximum atomic E-state index is 12.4. The number of halogens is 1. The first-order valence-corrected chi connectivity index (χ1v) is 8.10. The van der Waals surface area contributed by atoms with Crippen molar-refractivity contribution in [2.45, 2.75) is 4.90 Å². The topological polar surface area (TPSA) is 67.2 Å². The second-order valence-corrected chi connectivity index (χ2v) is 6.71. The Labute approximate surface area is 134 Å². The smallest absolute Gasteiger partial charge is 0.216 e. The van der Waals surface area contributed by atoms with Gasteiger partial charge in [0.25, 0.3) is 0 Å². The van der Waals surface area contributed by atoms with Gasteiger partial charge in [0.15, 0.2) is 0 Å². The minimum atomic E-state index is -3.87. The maximum Gasteiger partial charge on any atom is 0.216 e. The Balaban J connectivity index is 2.43. The van der Waals surface area contributed by atoms with Crippen LogP contribution in [-0.4, -0.2) is 15.5 Å². The normalized spacial score (nSPS) is 11.8. The van der Waals surface area contributed by atoms with E-state index in [9.17, 15) is 13.7 Å². The molecule has 0 N–H and O–H groups in total. The summed E-state index contributed by atoms with van der Waals surface area (Å²) in [7, 11) is -2.33. The summed E-state index contributed by atoms with van der Waals surface area (Å²) in [6.07, 6.45) is 1.32. The molecule has 0 fully saturated rings. The first-order chi connectivity index (χ1) is 10.5. The van der Waals surface area contributed by atoms with Crippen LogP contribution in [0.2, 0.25) is 5.02 Å². The van der Waals surface area contributed by atoms with Crippen LogP contribution in [0.15, 0.2) is 58.3 Å². The molecule has 0 aliphatic rings. The number of allylic oxidation sites excluding steroid dienone is 1. The Morgan fingerprint density at radius 2 is 1.73 bits per heavy atom. The van der Waals surface area contributed by atoms with Crippen molar-refractivity contribution in [2.24, 2.45) is 0 Å². The third-order valence-electron chi connectivity index (χ3n) is 2.94. The molecule has 0 aliphatic heterocycles. The summed E-state index contributed by atoms with van der Waals surface area (Å²) in [5, 5.41) is 9.62. The molecule has 0 saturated carbocycles. The summed E-state index contributed by atoms with van der Waals surface area (Å²) >= 11 is 5.75. The van der Waals surface area contributed by atoms with E-state index < -0.39 is 9.84 Å². The van der Waals surface area contributed by atoms with Gasteiger partial charge >= 0.3 is 0 Å². The Morgan fingerprint density at radius 1 is 1.14 bits per heavy atom. The molecular weight excluding hydrogens is 322 g/mol. The van der Waals surface area contributed by atoms with Gasteiger partial charge in [-0.1, -0.05) is 23.7 Å². The number of nitriles is 1. The lowest BCUT2D eigenvalue weighted by Gasteiger charge is -2.04. The number of hydrogen-bond acceptors (Lipinski definition) is 4. The van der Waals surface area contributed by atoms with Crippen molar-refractivity contribution >= 4 is 27.5 Å². The van der Waals surface area contributed by atoms with Crippen molar-refractivity contribution in [1.29, 1.82) is 5.26 Å². The first kappa shape index (κ1) is 16.1. The standard InChI is InChI=1S/C16H12ClNO3S/c1-21-14-6-2-12(3-7-14)10-16(11-18)22(19,20)15-8-4-13(17)5-9-15/h2-10H,1H3/b16-10-. The summed E-state index contributed by atoms with van der Waals surface area (Å²) in [5.41, 5.74) is 0.592. The molecule has 0 heterocycles. The van der Waals surface area contributed by atoms with Gasteiger partial charge in [0.2, 0.25) is 9.84 Å². The summed E-state index contributed by atoms with van der Waals surface area (Å²) in [6.45, 7) is 0.